The Labute approximate surface area is 117 Å². The van der Waals surface area contributed by atoms with Crippen LogP contribution < -0.4 is 5.32 Å². The predicted molar refractivity (Wildman–Crippen MR) is 73.2 cm³/mol. The first-order valence-corrected chi connectivity index (χ1v) is 7.98. The minimum Gasteiger partial charge on any atom is -0.479 e. The summed E-state index contributed by atoms with van der Waals surface area (Å²) in [6.07, 6.45) is 3.79. The summed E-state index contributed by atoms with van der Waals surface area (Å²) in [5.74, 6) is 0.782. The van der Waals surface area contributed by atoms with E-state index in [0.29, 0.717) is 24.5 Å². The molecule has 0 aromatic carbocycles. The Morgan fingerprint density at radius 3 is 2.68 bits per heavy atom. The minimum atomic E-state index is -1.03. The fourth-order valence-corrected chi connectivity index (χ4v) is 3.91. The third-order valence-electron chi connectivity index (χ3n) is 3.93. The predicted octanol–water partition coefficient (Wildman–Crippen LogP) is 1.27. The molecule has 2 heterocycles. The van der Waals surface area contributed by atoms with Gasteiger partial charge in [0.1, 0.15) is 5.54 Å². The molecule has 0 bridgehead atoms. The zero-order valence-corrected chi connectivity index (χ0v) is 11.8. The van der Waals surface area contributed by atoms with Crippen LogP contribution in [0.3, 0.4) is 0 Å². The Hall–Kier alpha value is -0.750. The molecule has 19 heavy (non-hydrogen) atoms. The Bertz CT molecular complexity index is 336. The van der Waals surface area contributed by atoms with E-state index in [0.717, 1.165) is 38.2 Å². The van der Waals surface area contributed by atoms with Gasteiger partial charge in [-0.2, -0.15) is 11.8 Å². The van der Waals surface area contributed by atoms with Crippen LogP contribution in [0.5, 0.6) is 0 Å². The van der Waals surface area contributed by atoms with Crippen LogP contribution in [0.2, 0.25) is 0 Å². The van der Waals surface area contributed by atoms with E-state index in [9.17, 15) is 14.7 Å². The van der Waals surface area contributed by atoms with Gasteiger partial charge in [0.15, 0.2) is 0 Å². The van der Waals surface area contributed by atoms with E-state index in [-0.39, 0.29) is 5.91 Å². The second-order valence-corrected chi connectivity index (χ2v) is 6.44. The van der Waals surface area contributed by atoms with Gasteiger partial charge in [-0.1, -0.05) is 0 Å². The van der Waals surface area contributed by atoms with Crippen LogP contribution in [0, 0.1) is 5.92 Å². The van der Waals surface area contributed by atoms with Gasteiger partial charge in [0.05, 0.1) is 0 Å². The van der Waals surface area contributed by atoms with E-state index in [2.05, 4.69) is 5.32 Å². The molecule has 1 unspecified atom stereocenters. The molecule has 2 N–H and O–H groups in total. The van der Waals surface area contributed by atoms with Crippen LogP contribution in [-0.4, -0.2) is 47.2 Å². The first kappa shape index (κ1) is 14.7. The third-order valence-corrected chi connectivity index (χ3v) is 5.12. The summed E-state index contributed by atoms with van der Waals surface area (Å²) in [4.78, 5) is 23.3. The quantitative estimate of drug-likeness (QED) is 0.796. The number of aliphatic carboxylic acids is 1. The van der Waals surface area contributed by atoms with Crippen molar-refractivity contribution in [3.8, 4) is 0 Å². The normalized spacial score (nSPS) is 28.2. The van der Waals surface area contributed by atoms with Gasteiger partial charge in [0, 0.05) is 25.4 Å². The Balaban J connectivity index is 1.78. The smallest absolute Gasteiger partial charge is 0.330 e. The highest BCUT2D eigenvalue weighted by Crippen LogP contribution is 2.28. The number of rotatable bonds is 5. The molecule has 1 atom stereocenters. The zero-order chi connectivity index (χ0) is 13.7. The fraction of sp³-hybridized carbons (Fsp3) is 0.846. The second-order valence-electron chi connectivity index (χ2n) is 5.33. The number of hydrogen-bond donors (Lipinski definition) is 2. The van der Waals surface area contributed by atoms with Crippen molar-refractivity contribution in [2.75, 3.05) is 24.7 Å². The first-order chi connectivity index (χ1) is 9.12. The van der Waals surface area contributed by atoms with Crippen LogP contribution in [0.4, 0.5) is 0 Å². The van der Waals surface area contributed by atoms with Crippen LogP contribution in [0.25, 0.3) is 0 Å². The number of nitrogens with one attached hydrogen (secondary N) is 1. The molecule has 0 aliphatic carbocycles. The maximum atomic E-state index is 11.9. The van der Waals surface area contributed by atoms with Crippen LogP contribution in [0.15, 0.2) is 0 Å². The molecular weight excluding hydrogens is 266 g/mol. The number of carboxylic acid groups (broad SMARTS) is 1. The summed E-state index contributed by atoms with van der Waals surface area (Å²) in [6, 6.07) is 0. The van der Waals surface area contributed by atoms with Crippen molar-refractivity contribution in [2.24, 2.45) is 5.92 Å². The number of hydrogen-bond acceptors (Lipinski definition) is 4. The van der Waals surface area contributed by atoms with E-state index in [1.807, 2.05) is 0 Å². The highest BCUT2D eigenvalue weighted by atomic mass is 32.2. The lowest BCUT2D eigenvalue weighted by molar-refractivity contribution is -0.146. The monoisotopic (exact) mass is 287 g/mol. The van der Waals surface area contributed by atoms with Crippen LogP contribution in [0.1, 0.15) is 32.1 Å². The first-order valence-electron chi connectivity index (χ1n) is 6.82. The van der Waals surface area contributed by atoms with Gasteiger partial charge in [-0.05, 0) is 37.4 Å². The molecule has 1 amide bonds. The molecule has 0 saturated carbocycles. The summed E-state index contributed by atoms with van der Waals surface area (Å²) in [7, 11) is 0. The van der Waals surface area contributed by atoms with Crippen molar-refractivity contribution < 1.29 is 19.4 Å². The number of amides is 1. The highest BCUT2D eigenvalue weighted by Gasteiger charge is 2.43. The average Bonchev–Trinajstić information content (AvgIpc) is 2.87. The molecule has 2 aliphatic heterocycles. The van der Waals surface area contributed by atoms with Crippen molar-refractivity contribution in [3.05, 3.63) is 0 Å². The van der Waals surface area contributed by atoms with Crippen molar-refractivity contribution in [1.82, 2.24) is 5.32 Å². The van der Waals surface area contributed by atoms with Gasteiger partial charge in [0.2, 0.25) is 5.91 Å². The molecule has 108 valence electrons. The van der Waals surface area contributed by atoms with E-state index in [1.54, 1.807) is 11.8 Å². The van der Waals surface area contributed by atoms with Crippen molar-refractivity contribution in [2.45, 2.75) is 37.6 Å². The Morgan fingerprint density at radius 2 is 2.11 bits per heavy atom. The largest absolute Gasteiger partial charge is 0.479 e. The molecule has 0 radical (unpaired) electrons. The molecule has 2 aliphatic rings. The molecule has 2 rings (SSSR count). The molecule has 5 nitrogen and oxygen atoms in total. The van der Waals surface area contributed by atoms with Gasteiger partial charge in [0.25, 0.3) is 0 Å². The van der Waals surface area contributed by atoms with E-state index in [1.165, 1.54) is 0 Å². The highest BCUT2D eigenvalue weighted by molar-refractivity contribution is 7.99. The molecular formula is C13H21NO4S. The topological polar surface area (TPSA) is 75.6 Å². The maximum absolute atomic E-state index is 11.9. The van der Waals surface area contributed by atoms with Gasteiger partial charge in [-0.3, -0.25) is 4.79 Å². The lowest BCUT2D eigenvalue weighted by atomic mass is 9.94. The van der Waals surface area contributed by atoms with Gasteiger partial charge in [-0.25, -0.2) is 4.79 Å². The molecule has 2 fully saturated rings. The summed E-state index contributed by atoms with van der Waals surface area (Å²) in [5, 5.41) is 12.0. The van der Waals surface area contributed by atoms with Crippen molar-refractivity contribution in [1.29, 1.82) is 0 Å². The van der Waals surface area contributed by atoms with E-state index < -0.39 is 11.5 Å². The summed E-state index contributed by atoms with van der Waals surface area (Å²) < 4.78 is 5.28. The standard InChI is InChI=1S/C13H21NO4S/c15-11(2-1-10-3-6-18-7-4-10)14-13(12(16)17)5-8-19-9-13/h10H,1-9H2,(H,14,15)(H,16,17). The second kappa shape index (κ2) is 6.61. The van der Waals surface area contributed by atoms with E-state index in [4.69, 9.17) is 4.74 Å². The van der Waals surface area contributed by atoms with Gasteiger partial charge in [-0.15, -0.1) is 0 Å². The maximum Gasteiger partial charge on any atom is 0.330 e. The van der Waals surface area contributed by atoms with Crippen molar-refractivity contribution in [3.63, 3.8) is 0 Å². The zero-order valence-electron chi connectivity index (χ0n) is 11.0. The van der Waals surface area contributed by atoms with Crippen molar-refractivity contribution >= 4 is 23.6 Å². The van der Waals surface area contributed by atoms with Crippen LogP contribution in [-0.2, 0) is 14.3 Å². The number of carbonyl (C=O) groups is 2. The van der Waals surface area contributed by atoms with E-state index >= 15 is 0 Å². The average molecular weight is 287 g/mol. The van der Waals surface area contributed by atoms with Gasteiger partial charge < -0.3 is 15.2 Å². The Kier molecular flexibility index (Phi) is 5.10. The molecule has 0 aromatic rings. The number of carboxylic acids is 1. The number of carbonyl (C=O) groups excluding carboxylic acids is 1. The third kappa shape index (κ3) is 3.86. The number of ether oxygens (including phenoxy) is 1. The lowest BCUT2D eigenvalue weighted by Crippen LogP contribution is -2.54. The fourth-order valence-electron chi connectivity index (χ4n) is 2.59. The van der Waals surface area contributed by atoms with Gasteiger partial charge >= 0.3 is 5.97 Å². The molecule has 0 spiro atoms. The minimum absolute atomic E-state index is 0.128. The molecule has 2 saturated heterocycles. The number of thioether (sulfide) groups is 1. The Morgan fingerprint density at radius 1 is 1.37 bits per heavy atom. The molecule has 0 aromatic heterocycles. The molecule has 6 heteroatoms. The summed E-state index contributed by atoms with van der Waals surface area (Å²) in [6.45, 7) is 1.56. The SMILES string of the molecule is O=C(CCC1CCOCC1)NC1(C(=O)O)CCSC1. The lowest BCUT2D eigenvalue weighted by Gasteiger charge is -2.26. The van der Waals surface area contributed by atoms with Crippen LogP contribution >= 0.6 is 11.8 Å². The summed E-state index contributed by atoms with van der Waals surface area (Å²) in [5.41, 5.74) is -1.03. The summed E-state index contributed by atoms with van der Waals surface area (Å²) >= 11 is 1.59.